The third-order valence-electron chi connectivity index (χ3n) is 2.86. The van der Waals surface area contributed by atoms with Crippen molar-refractivity contribution in [3.8, 4) is 6.07 Å². The molecule has 0 heterocycles. The van der Waals surface area contributed by atoms with E-state index in [1.807, 2.05) is 6.07 Å². The minimum atomic E-state index is -0.874. The van der Waals surface area contributed by atoms with Gasteiger partial charge in [0.1, 0.15) is 0 Å². The highest BCUT2D eigenvalue weighted by molar-refractivity contribution is 5.91. The Morgan fingerprint density at radius 3 is 2.65 bits per heavy atom. The summed E-state index contributed by atoms with van der Waals surface area (Å²) in [5, 5.41) is 17.4. The van der Waals surface area contributed by atoms with Gasteiger partial charge in [-0.05, 0) is 24.6 Å². The zero-order valence-electron chi connectivity index (χ0n) is 11.5. The van der Waals surface area contributed by atoms with Gasteiger partial charge in [0.25, 0.3) is 0 Å². The van der Waals surface area contributed by atoms with Crippen LogP contribution in [-0.4, -0.2) is 42.6 Å². The summed E-state index contributed by atoms with van der Waals surface area (Å²) in [6.07, 6.45) is 0.439. The highest BCUT2D eigenvalue weighted by Crippen LogP contribution is 2.15. The Kier molecular flexibility index (Phi) is 5.54. The van der Waals surface area contributed by atoms with Crippen LogP contribution in [0, 0.1) is 11.3 Å². The Bertz CT molecular complexity index is 537. The zero-order chi connectivity index (χ0) is 15.1. The molecule has 0 aliphatic rings. The van der Waals surface area contributed by atoms with Crippen LogP contribution in [-0.2, 0) is 4.79 Å². The lowest BCUT2D eigenvalue weighted by molar-refractivity contribution is -0.137. The van der Waals surface area contributed by atoms with Gasteiger partial charge in [-0.3, -0.25) is 9.69 Å². The van der Waals surface area contributed by atoms with Gasteiger partial charge in [-0.1, -0.05) is 6.07 Å². The van der Waals surface area contributed by atoms with Crippen molar-refractivity contribution in [2.45, 2.75) is 12.8 Å². The van der Waals surface area contributed by atoms with E-state index in [1.54, 1.807) is 38.4 Å². The van der Waals surface area contributed by atoms with Crippen molar-refractivity contribution in [1.29, 1.82) is 5.26 Å². The Morgan fingerprint density at radius 2 is 2.05 bits per heavy atom. The molecule has 0 aromatic heterocycles. The van der Waals surface area contributed by atoms with Crippen molar-refractivity contribution < 1.29 is 14.7 Å². The smallest absolute Gasteiger partial charge is 0.323 e. The number of benzene rings is 1. The number of aliphatic carboxylic acids is 1. The van der Waals surface area contributed by atoms with Crippen LogP contribution in [0.5, 0.6) is 0 Å². The van der Waals surface area contributed by atoms with Crippen LogP contribution in [0.2, 0.25) is 0 Å². The van der Waals surface area contributed by atoms with Gasteiger partial charge in [-0.15, -0.1) is 0 Å². The van der Waals surface area contributed by atoms with Gasteiger partial charge in [0.15, 0.2) is 0 Å². The maximum absolute atomic E-state index is 12.1. The van der Waals surface area contributed by atoms with E-state index >= 15 is 0 Å². The van der Waals surface area contributed by atoms with Crippen LogP contribution >= 0.6 is 0 Å². The zero-order valence-corrected chi connectivity index (χ0v) is 11.5. The fourth-order valence-electron chi connectivity index (χ4n) is 1.71. The molecule has 0 unspecified atom stereocenters. The Hall–Kier alpha value is -2.55. The number of nitriles is 1. The van der Waals surface area contributed by atoms with E-state index in [2.05, 4.69) is 0 Å². The fraction of sp³-hybridized carbons (Fsp3) is 0.357. The largest absolute Gasteiger partial charge is 0.481 e. The first-order valence-corrected chi connectivity index (χ1v) is 6.16. The highest BCUT2D eigenvalue weighted by atomic mass is 16.4. The summed E-state index contributed by atoms with van der Waals surface area (Å²) < 4.78 is 0. The van der Waals surface area contributed by atoms with Crippen LogP contribution in [0.4, 0.5) is 10.5 Å². The molecular formula is C14H17N3O3. The van der Waals surface area contributed by atoms with Gasteiger partial charge >= 0.3 is 12.0 Å². The number of hydrogen-bond acceptors (Lipinski definition) is 3. The topological polar surface area (TPSA) is 84.6 Å². The summed E-state index contributed by atoms with van der Waals surface area (Å²) >= 11 is 0. The summed E-state index contributed by atoms with van der Waals surface area (Å²) in [6, 6.07) is 8.52. The molecule has 0 aliphatic heterocycles. The second-order valence-electron chi connectivity index (χ2n) is 4.42. The normalized spacial score (nSPS) is 9.65. The number of carbonyl (C=O) groups excluding carboxylic acids is 1. The van der Waals surface area contributed by atoms with Crippen LogP contribution < -0.4 is 4.90 Å². The molecule has 1 aromatic carbocycles. The van der Waals surface area contributed by atoms with Crippen LogP contribution in [0.25, 0.3) is 0 Å². The predicted molar refractivity (Wildman–Crippen MR) is 74.5 cm³/mol. The lowest BCUT2D eigenvalue weighted by Crippen LogP contribution is -2.39. The van der Waals surface area contributed by atoms with E-state index < -0.39 is 5.97 Å². The molecule has 0 aliphatic carbocycles. The standard InChI is InChI=1S/C14H17N3O3/c1-16(8-4-7-13(18)19)14(20)17(2)12-6-3-5-11(9-12)10-15/h3,5-6,9H,4,7-8H2,1-2H3,(H,18,19). The number of carbonyl (C=O) groups is 2. The number of carboxylic acids is 1. The number of anilines is 1. The first-order chi connectivity index (χ1) is 9.45. The minimum absolute atomic E-state index is 0.0330. The SMILES string of the molecule is CN(CCCC(=O)O)C(=O)N(C)c1cccc(C#N)c1. The molecule has 6 nitrogen and oxygen atoms in total. The third-order valence-corrected chi connectivity index (χ3v) is 2.86. The molecule has 1 aromatic rings. The first kappa shape index (κ1) is 15.5. The van der Waals surface area contributed by atoms with Gasteiger partial charge in [0, 0.05) is 32.7 Å². The second kappa shape index (κ2) is 7.14. The van der Waals surface area contributed by atoms with Gasteiger partial charge in [-0.2, -0.15) is 5.26 Å². The Balaban J connectivity index is 2.65. The number of carboxylic acid groups (broad SMARTS) is 1. The summed E-state index contributed by atoms with van der Waals surface area (Å²) in [5.41, 5.74) is 1.11. The van der Waals surface area contributed by atoms with Crippen molar-refractivity contribution >= 4 is 17.7 Å². The Labute approximate surface area is 117 Å². The van der Waals surface area contributed by atoms with E-state index in [0.717, 1.165) is 0 Å². The fourth-order valence-corrected chi connectivity index (χ4v) is 1.71. The molecule has 106 valence electrons. The second-order valence-corrected chi connectivity index (χ2v) is 4.42. The predicted octanol–water partition coefficient (Wildman–Crippen LogP) is 1.91. The molecule has 6 heteroatoms. The van der Waals surface area contributed by atoms with E-state index in [4.69, 9.17) is 10.4 Å². The molecule has 0 spiro atoms. The van der Waals surface area contributed by atoms with E-state index in [1.165, 1.54) is 9.80 Å². The van der Waals surface area contributed by atoms with E-state index in [0.29, 0.717) is 24.2 Å². The molecule has 20 heavy (non-hydrogen) atoms. The molecule has 2 amide bonds. The third kappa shape index (κ3) is 4.28. The van der Waals surface area contributed by atoms with Crippen LogP contribution in [0.15, 0.2) is 24.3 Å². The van der Waals surface area contributed by atoms with Crippen molar-refractivity contribution in [1.82, 2.24) is 4.90 Å². The van der Waals surface area contributed by atoms with Gasteiger partial charge in [0.2, 0.25) is 0 Å². The van der Waals surface area contributed by atoms with E-state index in [9.17, 15) is 9.59 Å². The summed E-state index contributed by atoms with van der Waals surface area (Å²) in [7, 11) is 3.24. The van der Waals surface area contributed by atoms with Crippen molar-refractivity contribution in [2.75, 3.05) is 25.5 Å². The Morgan fingerprint density at radius 1 is 1.35 bits per heavy atom. The molecule has 0 radical (unpaired) electrons. The van der Waals surface area contributed by atoms with Crippen molar-refractivity contribution in [2.24, 2.45) is 0 Å². The molecule has 1 N–H and O–H groups in total. The number of hydrogen-bond donors (Lipinski definition) is 1. The molecular weight excluding hydrogens is 258 g/mol. The monoisotopic (exact) mass is 275 g/mol. The quantitative estimate of drug-likeness (QED) is 0.889. The maximum Gasteiger partial charge on any atom is 0.323 e. The summed E-state index contributed by atoms with van der Waals surface area (Å²) in [5.74, 6) is -0.874. The lowest BCUT2D eigenvalue weighted by Gasteiger charge is -2.25. The van der Waals surface area contributed by atoms with Crippen LogP contribution in [0.3, 0.4) is 0 Å². The van der Waals surface area contributed by atoms with Crippen molar-refractivity contribution in [3.05, 3.63) is 29.8 Å². The van der Waals surface area contributed by atoms with Crippen molar-refractivity contribution in [3.63, 3.8) is 0 Å². The lowest BCUT2D eigenvalue weighted by atomic mass is 10.2. The maximum atomic E-state index is 12.1. The molecule has 0 fully saturated rings. The first-order valence-electron chi connectivity index (χ1n) is 6.16. The average molecular weight is 275 g/mol. The van der Waals surface area contributed by atoms with Gasteiger partial charge in [-0.25, -0.2) is 4.79 Å². The average Bonchev–Trinajstić information content (AvgIpc) is 2.45. The minimum Gasteiger partial charge on any atom is -0.481 e. The number of rotatable bonds is 5. The molecule has 0 saturated heterocycles. The molecule has 1 rings (SSSR count). The van der Waals surface area contributed by atoms with Gasteiger partial charge in [0.05, 0.1) is 11.6 Å². The number of amides is 2. The van der Waals surface area contributed by atoms with Crippen LogP contribution in [0.1, 0.15) is 18.4 Å². The highest BCUT2D eigenvalue weighted by Gasteiger charge is 2.16. The number of nitrogens with zero attached hydrogens (tertiary/aromatic N) is 3. The molecule has 0 atom stereocenters. The summed E-state index contributed by atoms with van der Waals surface area (Å²) in [4.78, 5) is 25.5. The molecule has 0 bridgehead atoms. The molecule has 0 saturated carbocycles. The van der Waals surface area contributed by atoms with E-state index in [-0.39, 0.29) is 12.5 Å². The summed E-state index contributed by atoms with van der Waals surface area (Å²) in [6.45, 7) is 0.368. The van der Waals surface area contributed by atoms with Gasteiger partial charge < -0.3 is 10.0 Å². The number of urea groups is 1.